The average molecular weight is 376 g/mol. The number of benzene rings is 2. The van der Waals surface area contributed by atoms with E-state index in [0.29, 0.717) is 23.9 Å². The quantitative estimate of drug-likeness (QED) is 0.741. The number of carbonyl (C=O) groups is 1. The first-order valence-electron chi connectivity index (χ1n) is 8.48. The van der Waals surface area contributed by atoms with Crippen molar-refractivity contribution in [3.8, 4) is 0 Å². The molecule has 0 fully saturated rings. The zero-order chi connectivity index (χ0) is 19.1. The van der Waals surface area contributed by atoms with E-state index in [1.807, 2.05) is 37.2 Å². The molecule has 2 N–H and O–H groups in total. The topological polar surface area (TPSA) is 44.4 Å². The molecule has 0 aromatic heterocycles. The molecule has 1 atom stereocenters. The summed E-state index contributed by atoms with van der Waals surface area (Å²) in [7, 11) is 3.79. The van der Waals surface area contributed by atoms with Crippen LogP contribution in [-0.2, 0) is 13.1 Å². The Kier molecular flexibility index (Phi) is 7.48. The third-order valence-electron chi connectivity index (χ3n) is 4.02. The fourth-order valence-electron chi connectivity index (χ4n) is 2.56. The second kappa shape index (κ2) is 9.59. The molecule has 4 nitrogen and oxygen atoms in total. The number of hydrogen-bond acceptors (Lipinski definition) is 3. The summed E-state index contributed by atoms with van der Waals surface area (Å²) in [5.41, 5.74) is 3.41. The molecule has 2 aromatic carbocycles. The minimum atomic E-state index is -0.280. The fraction of sp³-hybridized carbons (Fsp3) is 0.350. The molecule has 0 spiro atoms. The summed E-state index contributed by atoms with van der Waals surface area (Å²) >= 11 is 1.76. The first kappa shape index (κ1) is 20.3. The molecule has 0 aliphatic rings. The highest BCUT2D eigenvalue weighted by molar-refractivity contribution is 7.98. The Morgan fingerprint density at radius 1 is 1.23 bits per heavy atom. The molecule has 0 aliphatic carbocycles. The maximum atomic E-state index is 13.8. The highest BCUT2D eigenvalue weighted by Crippen LogP contribution is 2.27. The summed E-state index contributed by atoms with van der Waals surface area (Å²) in [6.45, 7) is 2.99. The van der Waals surface area contributed by atoms with Crippen LogP contribution >= 0.6 is 11.8 Å². The van der Waals surface area contributed by atoms with Crippen molar-refractivity contribution in [1.82, 2.24) is 10.2 Å². The van der Waals surface area contributed by atoms with Crippen LogP contribution in [0.2, 0.25) is 0 Å². The van der Waals surface area contributed by atoms with Gasteiger partial charge in [0.05, 0.1) is 0 Å². The minimum Gasteiger partial charge on any atom is -0.334 e. The summed E-state index contributed by atoms with van der Waals surface area (Å²) in [6.07, 6.45) is 2.06. The van der Waals surface area contributed by atoms with E-state index in [4.69, 9.17) is 0 Å². The Morgan fingerprint density at radius 2 is 2.00 bits per heavy atom. The molecule has 0 unspecified atom stereocenters. The standard InChI is InChI=1S/C20H26FN3OS/c1-14(26-4)16-6-5-7-18(11-16)23-20(25)22-12-15-8-9-19(21)17(10-15)13-24(2)3/h5-11,14H,12-13H2,1-4H3,(H2,22,23,25)/t14-/m0/s1. The zero-order valence-electron chi connectivity index (χ0n) is 15.7. The van der Waals surface area contributed by atoms with Crippen LogP contribution in [0.3, 0.4) is 0 Å². The Labute approximate surface area is 159 Å². The van der Waals surface area contributed by atoms with Crippen LogP contribution < -0.4 is 10.6 Å². The number of hydrogen-bond donors (Lipinski definition) is 2. The SMILES string of the molecule is CS[C@@H](C)c1cccc(NC(=O)NCc2ccc(F)c(CN(C)C)c2)c1. The van der Waals surface area contributed by atoms with Crippen LogP contribution in [0.1, 0.15) is 28.9 Å². The third-order valence-corrected chi connectivity index (χ3v) is 5.00. The van der Waals surface area contributed by atoms with Crippen LogP contribution in [0.4, 0.5) is 14.9 Å². The first-order valence-corrected chi connectivity index (χ1v) is 9.77. The molecule has 2 rings (SSSR count). The molecule has 26 heavy (non-hydrogen) atoms. The molecule has 140 valence electrons. The second-order valence-electron chi connectivity index (χ2n) is 6.47. The van der Waals surface area contributed by atoms with E-state index < -0.39 is 0 Å². The number of amides is 2. The van der Waals surface area contributed by atoms with Gasteiger partial charge in [-0.25, -0.2) is 9.18 Å². The monoisotopic (exact) mass is 375 g/mol. The van der Waals surface area contributed by atoms with Gasteiger partial charge in [0.2, 0.25) is 0 Å². The van der Waals surface area contributed by atoms with Gasteiger partial charge in [-0.2, -0.15) is 11.8 Å². The van der Waals surface area contributed by atoms with Gasteiger partial charge in [-0.1, -0.05) is 18.2 Å². The zero-order valence-corrected chi connectivity index (χ0v) is 16.5. The molecule has 0 saturated heterocycles. The summed E-state index contributed by atoms with van der Waals surface area (Å²) in [4.78, 5) is 14.1. The lowest BCUT2D eigenvalue weighted by molar-refractivity contribution is 0.251. The number of nitrogens with one attached hydrogen (secondary N) is 2. The van der Waals surface area contributed by atoms with Crippen LogP contribution in [0.5, 0.6) is 0 Å². The van der Waals surface area contributed by atoms with E-state index in [9.17, 15) is 9.18 Å². The number of anilines is 1. The third kappa shape index (κ3) is 6.04. The lowest BCUT2D eigenvalue weighted by atomic mass is 10.1. The molecule has 0 radical (unpaired) electrons. The lowest BCUT2D eigenvalue weighted by Gasteiger charge is -2.13. The molecule has 0 bridgehead atoms. The highest BCUT2D eigenvalue weighted by Gasteiger charge is 2.08. The molecule has 6 heteroatoms. The molecular formula is C20H26FN3OS. The van der Waals surface area contributed by atoms with Crippen molar-refractivity contribution < 1.29 is 9.18 Å². The normalized spacial score (nSPS) is 12.1. The number of halogens is 1. The van der Waals surface area contributed by atoms with Gasteiger partial charge in [-0.3, -0.25) is 0 Å². The van der Waals surface area contributed by atoms with Crippen molar-refractivity contribution in [3.05, 3.63) is 65.0 Å². The summed E-state index contributed by atoms with van der Waals surface area (Å²) in [5, 5.41) is 6.04. The minimum absolute atomic E-state index is 0.230. The van der Waals surface area contributed by atoms with Gasteiger partial charge in [-0.15, -0.1) is 0 Å². The maximum absolute atomic E-state index is 13.8. The molecule has 0 heterocycles. The van der Waals surface area contributed by atoms with Gasteiger partial charge in [0.15, 0.2) is 0 Å². The molecule has 2 aromatic rings. The van der Waals surface area contributed by atoms with Gasteiger partial charge in [-0.05, 0) is 62.7 Å². The van der Waals surface area contributed by atoms with E-state index in [0.717, 1.165) is 11.3 Å². The van der Waals surface area contributed by atoms with Crippen molar-refractivity contribution in [2.45, 2.75) is 25.3 Å². The van der Waals surface area contributed by atoms with E-state index >= 15 is 0 Å². The summed E-state index contributed by atoms with van der Waals surface area (Å²) in [6, 6.07) is 12.5. The Morgan fingerprint density at radius 3 is 2.69 bits per heavy atom. The van der Waals surface area contributed by atoms with Crippen LogP contribution in [0.15, 0.2) is 42.5 Å². The van der Waals surface area contributed by atoms with Crippen LogP contribution in [-0.4, -0.2) is 31.3 Å². The van der Waals surface area contributed by atoms with Gasteiger partial charge >= 0.3 is 6.03 Å². The van der Waals surface area contributed by atoms with Gasteiger partial charge < -0.3 is 15.5 Å². The molecule has 2 amide bonds. The Bertz CT molecular complexity index is 752. The van der Waals surface area contributed by atoms with Crippen molar-refractivity contribution in [2.24, 2.45) is 0 Å². The highest BCUT2D eigenvalue weighted by atomic mass is 32.2. The second-order valence-corrected chi connectivity index (χ2v) is 7.65. The number of urea groups is 1. The van der Waals surface area contributed by atoms with Gasteiger partial charge in [0.1, 0.15) is 5.82 Å². The van der Waals surface area contributed by atoms with Gasteiger partial charge in [0, 0.05) is 29.6 Å². The largest absolute Gasteiger partial charge is 0.334 e. The Hall–Kier alpha value is -2.05. The molecule has 0 aliphatic heterocycles. The summed E-state index contributed by atoms with van der Waals surface area (Å²) in [5.74, 6) is -0.230. The number of nitrogens with zero attached hydrogens (tertiary/aromatic N) is 1. The van der Waals surface area contributed by atoms with Crippen molar-refractivity contribution in [1.29, 1.82) is 0 Å². The van der Waals surface area contributed by atoms with Crippen LogP contribution in [0.25, 0.3) is 0 Å². The smallest absolute Gasteiger partial charge is 0.319 e. The fourth-order valence-corrected chi connectivity index (χ4v) is 2.98. The van der Waals surface area contributed by atoms with Gasteiger partial charge in [0.25, 0.3) is 0 Å². The Balaban J connectivity index is 1.95. The number of rotatable bonds is 7. The van der Waals surface area contributed by atoms with E-state index in [2.05, 4.69) is 29.9 Å². The number of carbonyl (C=O) groups excluding carboxylic acids is 1. The number of thioether (sulfide) groups is 1. The van der Waals surface area contributed by atoms with E-state index in [-0.39, 0.29) is 11.8 Å². The molecule has 0 saturated carbocycles. The van der Waals surface area contributed by atoms with Crippen molar-refractivity contribution >= 4 is 23.5 Å². The van der Waals surface area contributed by atoms with E-state index in [1.165, 1.54) is 11.6 Å². The predicted molar refractivity (Wildman–Crippen MR) is 108 cm³/mol. The maximum Gasteiger partial charge on any atom is 0.319 e. The summed E-state index contributed by atoms with van der Waals surface area (Å²) < 4.78 is 13.8. The predicted octanol–water partition coefficient (Wildman–Crippen LogP) is 4.63. The lowest BCUT2D eigenvalue weighted by Crippen LogP contribution is -2.28. The van der Waals surface area contributed by atoms with E-state index in [1.54, 1.807) is 23.9 Å². The van der Waals surface area contributed by atoms with Crippen molar-refractivity contribution in [3.63, 3.8) is 0 Å². The van der Waals surface area contributed by atoms with Crippen molar-refractivity contribution in [2.75, 3.05) is 25.7 Å². The molecular weight excluding hydrogens is 349 g/mol. The average Bonchev–Trinajstić information content (AvgIpc) is 2.61. The first-order chi connectivity index (χ1) is 12.4. The van der Waals surface area contributed by atoms with Crippen LogP contribution in [0, 0.1) is 5.82 Å².